The van der Waals surface area contributed by atoms with Gasteiger partial charge in [0.15, 0.2) is 12.1 Å². The largest absolute Gasteiger partial charge is 0.467 e. The molecule has 36 heavy (non-hydrogen) atoms. The van der Waals surface area contributed by atoms with Crippen LogP contribution < -0.4 is 11.1 Å². The molecule has 0 spiro atoms. The minimum absolute atomic E-state index is 0.0546. The van der Waals surface area contributed by atoms with E-state index in [1.54, 1.807) is 0 Å². The summed E-state index contributed by atoms with van der Waals surface area (Å²) in [7, 11) is 2.76. The Hall–Kier alpha value is -2.73. The smallest absolute Gasteiger partial charge is 0.408 e. The van der Waals surface area contributed by atoms with Gasteiger partial charge in [0.25, 0.3) is 0 Å². The van der Waals surface area contributed by atoms with Crippen molar-refractivity contribution in [3.8, 4) is 0 Å². The van der Waals surface area contributed by atoms with Crippen LogP contribution in [0.15, 0.2) is 30.3 Å². The molecule has 2 heterocycles. The maximum absolute atomic E-state index is 12.3. The summed E-state index contributed by atoms with van der Waals surface area (Å²) in [4.78, 5) is 36.7. The summed E-state index contributed by atoms with van der Waals surface area (Å²) in [5, 5.41) is 2.52. The van der Waals surface area contributed by atoms with Crippen molar-refractivity contribution in [1.29, 1.82) is 0 Å². The van der Waals surface area contributed by atoms with Gasteiger partial charge in [0.2, 0.25) is 5.91 Å². The van der Waals surface area contributed by atoms with E-state index in [4.69, 9.17) is 34.2 Å². The van der Waals surface area contributed by atoms with Gasteiger partial charge >= 0.3 is 12.1 Å². The van der Waals surface area contributed by atoms with Crippen LogP contribution in [0, 0.1) is 5.92 Å². The number of esters is 1. The van der Waals surface area contributed by atoms with Gasteiger partial charge in [-0.2, -0.15) is 0 Å². The Labute approximate surface area is 210 Å². The molecule has 1 aromatic carbocycles. The Balaban J connectivity index is 1.52. The van der Waals surface area contributed by atoms with Crippen molar-refractivity contribution in [1.82, 2.24) is 5.32 Å². The molecule has 11 heteroatoms. The van der Waals surface area contributed by atoms with E-state index in [0.29, 0.717) is 12.8 Å². The van der Waals surface area contributed by atoms with Crippen LogP contribution in [-0.4, -0.2) is 68.6 Å². The third-order valence-corrected chi connectivity index (χ3v) is 6.34. The standard InChI is InChI=1S/C25H36N2O9/c1-25(2)35-19-18(34-23(32-4)20(19)36-25)13-11-16(21(26)28)10-12-17(22(29)31-3)27-24(30)33-14-15-8-6-5-7-9-15/h5-9,16-20,23H,10-14H2,1-4H3,(H2,26,28)(H,27,30)/t16-,17+,18-,19-,20-,23-/m1/s1. The third-order valence-electron chi connectivity index (χ3n) is 6.34. The van der Waals surface area contributed by atoms with E-state index >= 15 is 0 Å². The predicted molar refractivity (Wildman–Crippen MR) is 126 cm³/mol. The molecule has 11 nitrogen and oxygen atoms in total. The number of amides is 2. The molecule has 0 bridgehead atoms. The molecule has 6 atom stereocenters. The zero-order valence-corrected chi connectivity index (χ0v) is 21.1. The van der Waals surface area contributed by atoms with Crippen LogP contribution in [0.1, 0.15) is 45.1 Å². The topological polar surface area (TPSA) is 145 Å². The van der Waals surface area contributed by atoms with Crippen molar-refractivity contribution in [2.45, 2.75) is 82.6 Å². The molecule has 2 saturated heterocycles. The molecule has 0 aromatic heterocycles. The number of benzene rings is 1. The monoisotopic (exact) mass is 508 g/mol. The summed E-state index contributed by atoms with van der Waals surface area (Å²) < 4.78 is 33.2. The van der Waals surface area contributed by atoms with Crippen LogP contribution in [0.25, 0.3) is 0 Å². The van der Waals surface area contributed by atoms with E-state index < -0.39 is 42.0 Å². The lowest BCUT2D eigenvalue weighted by molar-refractivity contribution is -0.227. The van der Waals surface area contributed by atoms with Crippen LogP contribution in [0.4, 0.5) is 4.79 Å². The summed E-state index contributed by atoms with van der Waals surface area (Å²) in [6.07, 6.45) is -1.09. The van der Waals surface area contributed by atoms with Gasteiger partial charge < -0.3 is 39.5 Å². The Bertz CT molecular complexity index is 895. The first-order valence-electron chi connectivity index (χ1n) is 12.0. The molecule has 0 saturated carbocycles. The Morgan fingerprint density at radius 3 is 2.39 bits per heavy atom. The lowest BCUT2D eigenvalue weighted by Gasteiger charge is -2.24. The van der Waals surface area contributed by atoms with Gasteiger partial charge in [0, 0.05) is 13.0 Å². The summed E-state index contributed by atoms with van der Waals surface area (Å²) in [5.74, 6) is -2.46. The van der Waals surface area contributed by atoms with E-state index in [9.17, 15) is 14.4 Å². The molecular formula is C25H36N2O9. The molecule has 0 unspecified atom stereocenters. The molecular weight excluding hydrogens is 472 g/mol. The lowest BCUT2D eigenvalue weighted by atomic mass is 9.92. The van der Waals surface area contributed by atoms with Crippen LogP contribution >= 0.6 is 0 Å². The second kappa shape index (κ2) is 12.5. The number of carbonyl (C=O) groups excluding carboxylic acids is 3. The van der Waals surface area contributed by atoms with Crippen LogP contribution in [-0.2, 0) is 44.6 Å². The second-order valence-corrected chi connectivity index (χ2v) is 9.38. The molecule has 3 rings (SSSR count). The first-order valence-corrected chi connectivity index (χ1v) is 12.0. The number of fused-ring (bicyclic) bond motifs is 1. The second-order valence-electron chi connectivity index (χ2n) is 9.38. The number of carbonyl (C=O) groups is 3. The van der Waals surface area contributed by atoms with E-state index in [2.05, 4.69) is 5.32 Å². The summed E-state index contributed by atoms with van der Waals surface area (Å²) >= 11 is 0. The fraction of sp³-hybridized carbons (Fsp3) is 0.640. The minimum atomic E-state index is -0.988. The first kappa shape index (κ1) is 27.9. The number of methoxy groups -OCH3 is 2. The van der Waals surface area contributed by atoms with Crippen LogP contribution in [0.5, 0.6) is 0 Å². The number of rotatable bonds is 12. The SMILES string of the molecule is COC(=O)[C@H](CC[C@H](CC[C@H]1O[C@@H](OC)[C@@H]2OC(C)(C)O[C@@H]21)C(N)=O)NC(=O)OCc1ccccc1. The molecule has 2 fully saturated rings. The van der Waals surface area contributed by atoms with Crippen molar-refractivity contribution in [2.75, 3.05) is 14.2 Å². The Morgan fingerprint density at radius 1 is 1.06 bits per heavy atom. The van der Waals surface area contributed by atoms with Crippen molar-refractivity contribution in [3.05, 3.63) is 35.9 Å². The van der Waals surface area contributed by atoms with Gasteiger partial charge in [-0.1, -0.05) is 30.3 Å². The lowest BCUT2D eigenvalue weighted by Crippen LogP contribution is -2.42. The number of ether oxygens (including phenoxy) is 6. The molecule has 0 radical (unpaired) electrons. The maximum Gasteiger partial charge on any atom is 0.408 e. The summed E-state index contributed by atoms with van der Waals surface area (Å²) in [6.45, 7) is 3.71. The molecule has 2 amide bonds. The number of nitrogens with two attached hydrogens (primary N) is 1. The normalized spacial score (nSPS) is 26.0. The first-order chi connectivity index (χ1) is 17.1. The summed E-state index contributed by atoms with van der Waals surface area (Å²) in [6, 6.07) is 8.16. The van der Waals surface area contributed by atoms with E-state index in [0.717, 1.165) is 5.56 Å². The summed E-state index contributed by atoms with van der Waals surface area (Å²) in [5.41, 5.74) is 6.45. The number of hydrogen-bond acceptors (Lipinski definition) is 9. The Morgan fingerprint density at radius 2 is 1.75 bits per heavy atom. The van der Waals surface area contributed by atoms with E-state index in [1.807, 2.05) is 44.2 Å². The van der Waals surface area contributed by atoms with E-state index in [1.165, 1.54) is 14.2 Å². The van der Waals surface area contributed by atoms with E-state index in [-0.39, 0.29) is 37.8 Å². The fourth-order valence-corrected chi connectivity index (χ4v) is 4.52. The Kier molecular flexibility index (Phi) is 9.66. The molecule has 2 aliphatic heterocycles. The number of primary amides is 1. The average molecular weight is 509 g/mol. The van der Waals surface area contributed by atoms with Crippen molar-refractivity contribution in [2.24, 2.45) is 11.7 Å². The number of hydrogen-bond donors (Lipinski definition) is 2. The van der Waals surface area contributed by atoms with Crippen molar-refractivity contribution < 1.29 is 42.8 Å². The zero-order valence-electron chi connectivity index (χ0n) is 21.1. The highest BCUT2D eigenvalue weighted by atomic mass is 16.8. The van der Waals surface area contributed by atoms with Gasteiger partial charge in [0.05, 0.1) is 13.2 Å². The highest BCUT2D eigenvalue weighted by Gasteiger charge is 2.55. The van der Waals surface area contributed by atoms with Gasteiger partial charge in [-0.25, -0.2) is 9.59 Å². The maximum atomic E-state index is 12.3. The van der Waals surface area contributed by atoms with Crippen molar-refractivity contribution >= 4 is 18.0 Å². The zero-order chi connectivity index (χ0) is 26.3. The van der Waals surface area contributed by atoms with Gasteiger partial charge in [-0.3, -0.25) is 4.79 Å². The quantitative estimate of drug-likeness (QED) is 0.405. The number of alkyl carbamates (subject to hydrolysis) is 1. The van der Waals surface area contributed by atoms with Gasteiger partial charge in [-0.15, -0.1) is 0 Å². The van der Waals surface area contributed by atoms with Crippen LogP contribution in [0.2, 0.25) is 0 Å². The molecule has 200 valence electrons. The fourth-order valence-electron chi connectivity index (χ4n) is 4.52. The predicted octanol–water partition coefficient (Wildman–Crippen LogP) is 2.01. The molecule has 3 N–H and O–H groups in total. The average Bonchev–Trinajstić information content (AvgIpc) is 3.34. The highest BCUT2D eigenvalue weighted by molar-refractivity contribution is 5.81. The highest BCUT2D eigenvalue weighted by Crippen LogP contribution is 2.40. The molecule has 2 aliphatic rings. The third kappa shape index (κ3) is 7.39. The number of nitrogens with one attached hydrogen (secondary N) is 1. The van der Waals surface area contributed by atoms with Crippen LogP contribution in [0.3, 0.4) is 0 Å². The van der Waals surface area contributed by atoms with Gasteiger partial charge in [0.1, 0.15) is 24.9 Å². The molecule has 0 aliphatic carbocycles. The van der Waals surface area contributed by atoms with Gasteiger partial charge in [-0.05, 0) is 45.1 Å². The van der Waals surface area contributed by atoms with Crippen molar-refractivity contribution in [3.63, 3.8) is 0 Å². The molecule has 1 aromatic rings. The minimum Gasteiger partial charge on any atom is -0.467 e.